The van der Waals surface area contributed by atoms with Gasteiger partial charge in [0.1, 0.15) is 5.75 Å². The lowest BCUT2D eigenvalue weighted by molar-refractivity contribution is 0.475. The average molecular weight is 265 g/mol. The second kappa shape index (κ2) is 3.95. The van der Waals surface area contributed by atoms with Crippen LogP contribution in [0, 0.1) is 0 Å². The highest BCUT2D eigenvalue weighted by Gasteiger charge is 2.26. The van der Waals surface area contributed by atoms with Crippen molar-refractivity contribution < 1.29 is 21.9 Å². The molecule has 0 aliphatic heterocycles. The Morgan fingerprint density at radius 3 is 1.62 bits per heavy atom. The zero-order chi connectivity index (χ0) is 12.6. The number of phenolic OH excluding ortho intramolecular Hbond substituents is 1. The maximum Gasteiger partial charge on any atom is 0.245 e. The first kappa shape index (κ1) is 12.8. The van der Waals surface area contributed by atoms with Crippen LogP contribution in [0.3, 0.4) is 0 Å². The number of nitrogens with zero attached hydrogens (tertiary/aromatic N) is 1. The molecule has 0 atom stereocenters. The predicted octanol–water partition coefficient (Wildman–Crippen LogP) is 0.118. The van der Waals surface area contributed by atoms with Gasteiger partial charge in [0.25, 0.3) is 0 Å². The molecule has 0 amide bonds. The lowest BCUT2D eigenvalue weighted by Crippen LogP contribution is -2.35. The summed E-state index contributed by atoms with van der Waals surface area (Å²) >= 11 is 0. The highest BCUT2D eigenvalue weighted by Crippen LogP contribution is 2.23. The number of benzene rings is 1. The number of hydrogen-bond acceptors (Lipinski definition) is 5. The highest BCUT2D eigenvalue weighted by molar-refractivity contribution is 8.09. The van der Waals surface area contributed by atoms with Crippen LogP contribution in [0.1, 0.15) is 0 Å². The van der Waals surface area contributed by atoms with Crippen LogP contribution in [0.2, 0.25) is 0 Å². The van der Waals surface area contributed by atoms with E-state index in [0.717, 1.165) is 12.5 Å². The monoisotopic (exact) mass is 265 g/mol. The van der Waals surface area contributed by atoms with Gasteiger partial charge >= 0.3 is 0 Å². The first-order valence-corrected chi connectivity index (χ1v) is 7.81. The summed E-state index contributed by atoms with van der Waals surface area (Å²) in [6.07, 6.45) is 1.59. The normalized spacial score (nSPS) is 12.4. The first-order valence-electron chi connectivity index (χ1n) is 4.12. The van der Waals surface area contributed by atoms with Gasteiger partial charge in [-0.3, -0.25) is 0 Å². The molecule has 0 aromatic heterocycles. The Morgan fingerprint density at radius 2 is 1.31 bits per heavy atom. The van der Waals surface area contributed by atoms with Crippen molar-refractivity contribution in [2.45, 2.75) is 0 Å². The van der Waals surface area contributed by atoms with Crippen LogP contribution >= 0.6 is 0 Å². The van der Waals surface area contributed by atoms with Crippen molar-refractivity contribution in [3.05, 3.63) is 24.3 Å². The van der Waals surface area contributed by atoms with Gasteiger partial charge in [0.05, 0.1) is 18.2 Å². The molecule has 0 aliphatic rings. The fourth-order valence-corrected chi connectivity index (χ4v) is 4.18. The maximum absolute atomic E-state index is 11.3. The average Bonchev–Trinajstić information content (AvgIpc) is 2.03. The van der Waals surface area contributed by atoms with Crippen molar-refractivity contribution in [2.75, 3.05) is 16.2 Å². The topological polar surface area (TPSA) is 91.8 Å². The summed E-state index contributed by atoms with van der Waals surface area (Å²) in [6, 6.07) is 4.83. The molecule has 0 heterocycles. The smallest absolute Gasteiger partial charge is 0.245 e. The Balaban J connectivity index is 3.41. The number of anilines is 1. The Kier molecular flexibility index (Phi) is 3.15. The molecule has 1 rings (SSSR count). The molecule has 8 heteroatoms. The summed E-state index contributed by atoms with van der Waals surface area (Å²) in [5.41, 5.74) is -0.0391. The lowest BCUT2D eigenvalue weighted by atomic mass is 10.3. The van der Waals surface area contributed by atoms with Gasteiger partial charge in [0.2, 0.25) is 20.0 Å². The summed E-state index contributed by atoms with van der Waals surface area (Å²) in [5, 5.41) is 9.03. The third-order valence-electron chi connectivity index (χ3n) is 1.66. The van der Waals surface area contributed by atoms with Gasteiger partial charge in [-0.2, -0.15) is 3.71 Å². The predicted molar refractivity (Wildman–Crippen MR) is 60.3 cm³/mol. The van der Waals surface area contributed by atoms with Crippen LogP contribution in [0.25, 0.3) is 0 Å². The Morgan fingerprint density at radius 1 is 0.938 bits per heavy atom. The summed E-state index contributed by atoms with van der Waals surface area (Å²) in [7, 11) is -7.85. The van der Waals surface area contributed by atoms with E-state index in [1.807, 2.05) is 0 Å². The molecule has 0 aliphatic carbocycles. The van der Waals surface area contributed by atoms with Gasteiger partial charge in [0.15, 0.2) is 0 Å². The minimum atomic E-state index is -3.92. The fourth-order valence-electron chi connectivity index (χ4n) is 1.20. The van der Waals surface area contributed by atoms with Crippen LogP contribution in [0.4, 0.5) is 5.69 Å². The van der Waals surface area contributed by atoms with Crippen LogP contribution < -0.4 is 3.71 Å². The molecule has 1 aromatic rings. The standard InChI is InChI=1S/C8H11NO5S2/c1-15(11,12)9(16(2,13)14)7-3-5-8(10)6-4-7/h3-6,10H,1-2H3. The van der Waals surface area contributed by atoms with Crippen molar-refractivity contribution in [1.29, 1.82) is 0 Å². The summed E-state index contributed by atoms with van der Waals surface area (Å²) in [6.45, 7) is 0. The Labute approximate surface area is 94.2 Å². The summed E-state index contributed by atoms with van der Waals surface area (Å²) < 4.78 is 45.7. The number of aromatic hydroxyl groups is 1. The zero-order valence-electron chi connectivity index (χ0n) is 8.65. The molecule has 6 nitrogen and oxygen atoms in total. The third kappa shape index (κ3) is 2.86. The van der Waals surface area contributed by atoms with Gasteiger partial charge in [-0.1, -0.05) is 0 Å². The van der Waals surface area contributed by atoms with Gasteiger partial charge in [0, 0.05) is 0 Å². The van der Waals surface area contributed by atoms with Crippen molar-refractivity contribution in [2.24, 2.45) is 0 Å². The minimum absolute atomic E-state index is 0.0391. The first-order chi connectivity index (χ1) is 7.12. The largest absolute Gasteiger partial charge is 0.508 e. The van der Waals surface area contributed by atoms with Crippen LogP contribution in [0.5, 0.6) is 5.75 Å². The van der Waals surface area contributed by atoms with Gasteiger partial charge in [-0.15, -0.1) is 0 Å². The summed E-state index contributed by atoms with van der Waals surface area (Å²) in [5.74, 6) is -0.0781. The SMILES string of the molecule is CS(=O)(=O)N(c1ccc(O)cc1)S(C)(=O)=O. The van der Waals surface area contributed by atoms with E-state index in [-0.39, 0.29) is 11.4 Å². The number of rotatable bonds is 3. The van der Waals surface area contributed by atoms with Gasteiger partial charge in [-0.05, 0) is 24.3 Å². The van der Waals surface area contributed by atoms with Gasteiger partial charge in [-0.25, -0.2) is 16.8 Å². The highest BCUT2D eigenvalue weighted by atomic mass is 32.3. The van der Waals surface area contributed by atoms with Crippen molar-refractivity contribution in [1.82, 2.24) is 0 Å². The van der Waals surface area contributed by atoms with E-state index in [1.165, 1.54) is 24.3 Å². The van der Waals surface area contributed by atoms with Crippen molar-refractivity contribution in [3.8, 4) is 5.75 Å². The van der Waals surface area contributed by atoms with E-state index < -0.39 is 20.0 Å². The van der Waals surface area contributed by atoms with Crippen molar-refractivity contribution in [3.63, 3.8) is 0 Å². The molecule has 1 aromatic carbocycles. The van der Waals surface area contributed by atoms with Crippen LogP contribution in [-0.4, -0.2) is 34.5 Å². The van der Waals surface area contributed by atoms with E-state index in [4.69, 9.17) is 5.11 Å². The molecular formula is C8H11NO5S2. The molecule has 0 spiro atoms. The Bertz CT molecular complexity index is 541. The van der Waals surface area contributed by atoms with E-state index in [1.54, 1.807) is 0 Å². The zero-order valence-corrected chi connectivity index (χ0v) is 10.3. The maximum atomic E-state index is 11.3. The van der Waals surface area contributed by atoms with Crippen molar-refractivity contribution >= 4 is 25.7 Å². The quantitative estimate of drug-likeness (QED) is 0.838. The van der Waals surface area contributed by atoms with E-state index in [9.17, 15) is 16.8 Å². The van der Waals surface area contributed by atoms with E-state index in [2.05, 4.69) is 0 Å². The number of phenols is 1. The molecule has 1 N–H and O–H groups in total. The second-order valence-corrected chi connectivity index (χ2v) is 7.13. The molecular weight excluding hydrogens is 254 g/mol. The molecule has 0 fully saturated rings. The molecule has 90 valence electrons. The molecule has 0 unspecified atom stereocenters. The third-order valence-corrected chi connectivity index (χ3v) is 4.91. The summed E-state index contributed by atoms with van der Waals surface area (Å²) in [4.78, 5) is 0. The lowest BCUT2D eigenvalue weighted by Gasteiger charge is -2.19. The number of sulfonamides is 2. The minimum Gasteiger partial charge on any atom is -0.508 e. The van der Waals surface area contributed by atoms with E-state index in [0.29, 0.717) is 3.71 Å². The van der Waals surface area contributed by atoms with Gasteiger partial charge < -0.3 is 5.11 Å². The molecule has 16 heavy (non-hydrogen) atoms. The molecule has 0 saturated carbocycles. The Hall–Kier alpha value is -1.28. The molecule has 0 radical (unpaired) electrons. The fraction of sp³-hybridized carbons (Fsp3) is 0.250. The van der Waals surface area contributed by atoms with Crippen LogP contribution in [-0.2, 0) is 20.0 Å². The second-order valence-electron chi connectivity index (χ2n) is 3.24. The molecule has 0 bridgehead atoms. The number of hydrogen-bond donors (Lipinski definition) is 1. The van der Waals surface area contributed by atoms with E-state index >= 15 is 0 Å². The van der Waals surface area contributed by atoms with Crippen LogP contribution in [0.15, 0.2) is 24.3 Å². The molecule has 0 saturated heterocycles.